The van der Waals surface area contributed by atoms with Crippen LogP contribution in [0.25, 0.3) is 0 Å². The summed E-state index contributed by atoms with van der Waals surface area (Å²) in [5, 5.41) is 40.6. The van der Waals surface area contributed by atoms with Crippen molar-refractivity contribution in [2.45, 2.75) is 25.0 Å². The average Bonchev–Trinajstić information content (AvgIpc) is 3.13. The van der Waals surface area contributed by atoms with Gasteiger partial charge in [0.05, 0.1) is 0 Å². The van der Waals surface area contributed by atoms with Crippen molar-refractivity contribution in [3.8, 4) is 0 Å². The SMILES string of the molecule is CC(=O)[O-].CC(=O)[O-].OC(c1ccccc1)(c1ccccc1)c1ccncc1.OC(c1ccccc1)(c1ccccc1)c1ccncc1.[Pd+2]. The summed E-state index contributed by atoms with van der Waals surface area (Å²) < 4.78 is 0. The van der Waals surface area contributed by atoms with Gasteiger partial charge in [-0.25, -0.2) is 0 Å². The van der Waals surface area contributed by atoms with E-state index in [1.54, 1.807) is 24.8 Å². The van der Waals surface area contributed by atoms with Gasteiger partial charge in [0.25, 0.3) is 0 Å². The number of hydrogen-bond acceptors (Lipinski definition) is 8. The van der Waals surface area contributed by atoms with E-state index in [0.29, 0.717) is 0 Å². The molecule has 0 spiro atoms. The second kappa shape index (κ2) is 20.2. The van der Waals surface area contributed by atoms with Gasteiger partial charge in [0.15, 0.2) is 0 Å². The Morgan fingerprint density at radius 3 is 0.776 bits per heavy atom. The second-order valence-corrected chi connectivity index (χ2v) is 10.3. The fraction of sp³-hybridized carbons (Fsp3) is 0.100. The first-order valence-electron chi connectivity index (χ1n) is 14.9. The summed E-state index contributed by atoms with van der Waals surface area (Å²) in [6.45, 7) is 1.94. The van der Waals surface area contributed by atoms with Gasteiger partial charge in [0.1, 0.15) is 11.2 Å². The molecule has 6 rings (SSSR count). The number of rotatable bonds is 6. The fourth-order valence-corrected chi connectivity index (χ4v) is 4.90. The van der Waals surface area contributed by atoms with Gasteiger partial charge in [0, 0.05) is 36.7 Å². The Morgan fingerprint density at radius 1 is 0.429 bits per heavy atom. The van der Waals surface area contributed by atoms with Crippen LogP contribution >= 0.6 is 0 Å². The van der Waals surface area contributed by atoms with Gasteiger partial charge in [-0.15, -0.1) is 0 Å². The van der Waals surface area contributed by atoms with E-state index in [0.717, 1.165) is 47.2 Å². The third kappa shape index (κ3) is 11.4. The number of carboxylic acid groups (broad SMARTS) is 2. The summed E-state index contributed by atoms with van der Waals surface area (Å²) in [5.41, 5.74) is 2.68. The molecule has 0 aliphatic carbocycles. The number of carbonyl (C=O) groups is 2. The molecular weight excluding hydrogens is 711 g/mol. The van der Waals surface area contributed by atoms with Crippen LogP contribution in [0.3, 0.4) is 0 Å². The van der Waals surface area contributed by atoms with Crippen LogP contribution in [0.15, 0.2) is 170 Å². The molecule has 9 heteroatoms. The topological polar surface area (TPSA) is 146 Å². The number of carboxylic acids is 2. The number of hydrogen-bond donors (Lipinski definition) is 2. The van der Waals surface area contributed by atoms with E-state index in [9.17, 15) is 10.2 Å². The summed E-state index contributed by atoms with van der Waals surface area (Å²) in [5.74, 6) is -2.17. The molecule has 49 heavy (non-hydrogen) atoms. The van der Waals surface area contributed by atoms with Crippen molar-refractivity contribution < 1.29 is 50.4 Å². The molecule has 6 aromatic rings. The van der Waals surface area contributed by atoms with Crippen molar-refractivity contribution in [3.05, 3.63) is 204 Å². The zero-order valence-electron chi connectivity index (χ0n) is 26.9. The molecule has 252 valence electrons. The van der Waals surface area contributed by atoms with E-state index in [1.807, 2.05) is 146 Å². The summed E-state index contributed by atoms with van der Waals surface area (Å²) >= 11 is 0. The van der Waals surface area contributed by atoms with Crippen LogP contribution < -0.4 is 10.2 Å². The van der Waals surface area contributed by atoms with E-state index in [-0.39, 0.29) is 20.4 Å². The Balaban J connectivity index is 0.000000275. The van der Waals surface area contributed by atoms with Crippen molar-refractivity contribution in [2.75, 3.05) is 0 Å². The number of carbonyl (C=O) groups excluding carboxylic acids is 2. The first kappa shape index (κ1) is 39.9. The van der Waals surface area contributed by atoms with Gasteiger partial charge in [-0.3, -0.25) is 9.97 Å². The Labute approximate surface area is 300 Å². The van der Waals surface area contributed by atoms with Gasteiger partial charge < -0.3 is 30.0 Å². The molecule has 0 aliphatic rings. The number of aliphatic carboxylic acids is 2. The predicted molar refractivity (Wildman–Crippen MR) is 180 cm³/mol. The molecule has 0 amide bonds. The van der Waals surface area contributed by atoms with Crippen molar-refractivity contribution in [3.63, 3.8) is 0 Å². The van der Waals surface area contributed by atoms with Crippen LogP contribution in [0, 0.1) is 0 Å². The second-order valence-electron chi connectivity index (χ2n) is 10.3. The molecule has 0 unspecified atom stereocenters. The van der Waals surface area contributed by atoms with Crippen molar-refractivity contribution in [1.82, 2.24) is 9.97 Å². The molecule has 0 saturated heterocycles. The Bertz CT molecular complexity index is 1460. The third-order valence-corrected chi connectivity index (χ3v) is 6.96. The third-order valence-electron chi connectivity index (χ3n) is 6.96. The van der Waals surface area contributed by atoms with E-state index in [1.165, 1.54) is 0 Å². The molecule has 2 aromatic heterocycles. The van der Waals surface area contributed by atoms with Crippen LogP contribution in [-0.4, -0.2) is 32.1 Å². The number of nitrogens with zero attached hydrogens (tertiary/aromatic N) is 2. The zero-order chi connectivity index (χ0) is 34.8. The van der Waals surface area contributed by atoms with Gasteiger partial charge >= 0.3 is 20.4 Å². The largest absolute Gasteiger partial charge is 2.00 e. The van der Waals surface area contributed by atoms with E-state index >= 15 is 0 Å². The molecule has 8 nitrogen and oxygen atoms in total. The minimum atomic E-state index is -1.16. The molecule has 0 bridgehead atoms. The van der Waals surface area contributed by atoms with Crippen molar-refractivity contribution in [1.29, 1.82) is 0 Å². The quantitative estimate of drug-likeness (QED) is 0.241. The molecule has 0 aliphatic heterocycles. The monoisotopic (exact) mass is 746 g/mol. The standard InChI is InChI=1S/2C18H15NO.2C2H4O2.Pd/c2*20-18(15-7-3-1-4-8-15,16-9-5-2-6-10-16)17-11-13-19-14-12-17;2*1-2(3)4;/h2*1-14,20H;2*1H3,(H,3,4);/q;;;;+2/p-2. The van der Waals surface area contributed by atoms with Crippen LogP contribution in [0.4, 0.5) is 0 Å². The molecule has 2 heterocycles. The maximum atomic E-state index is 11.4. The maximum absolute atomic E-state index is 11.4. The molecule has 2 N–H and O–H groups in total. The molecule has 4 aromatic carbocycles. The Hall–Kier alpha value is -5.30. The van der Waals surface area contributed by atoms with Gasteiger partial charge in [0.2, 0.25) is 0 Å². The molecule has 0 fully saturated rings. The first-order chi connectivity index (χ1) is 23.1. The average molecular weight is 747 g/mol. The normalized spacial score (nSPS) is 10.2. The van der Waals surface area contributed by atoms with Crippen molar-refractivity contribution in [2.24, 2.45) is 0 Å². The number of aromatic nitrogens is 2. The van der Waals surface area contributed by atoms with Crippen LogP contribution in [0.5, 0.6) is 0 Å². The fourth-order valence-electron chi connectivity index (χ4n) is 4.90. The van der Waals surface area contributed by atoms with Gasteiger partial charge in [-0.2, -0.15) is 0 Å². The van der Waals surface area contributed by atoms with Crippen molar-refractivity contribution >= 4 is 11.9 Å². The van der Waals surface area contributed by atoms with Crippen LogP contribution in [0.2, 0.25) is 0 Å². The number of benzene rings is 4. The molecule has 0 atom stereocenters. The summed E-state index contributed by atoms with van der Waals surface area (Å²) in [6.07, 6.45) is 6.80. The van der Waals surface area contributed by atoms with Crippen LogP contribution in [-0.2, 0) is 41.2 Å². The smallest absolute Gasteiger partial charge is 0.550 e. The van der Waals surface area contributed by atoms with Gasteiger partial charge in [-0.05, 0) is 71.5 Å². The predicted octanol–water partition coefficient (Wildman–Crippen LogP) is 4.24. The molecular formula is C40H36N2O6Pd. The van der Waals surface area contributed by atoms with E-state index in [2.05, 4.69) is 9.97 Å². The summed E-state index contributed by atoms with van der Waals surface area (Å²) in [4.78, 5) is 25.8. The summed E-state index contributed by atoms with van der Waals surface area (Å²) in [7, 11) is 0. The van der Waals surface area contributed by atoms with E-state index in [4.69, 9.17) is 19.8 Å². The Kier molecular flexibility index (Phi) is 16.4. The molecule has 0 radical (unpaired) electrons. The minimum absolute atomic E-state index is 0. The molecule has 0 saturated carbocycles. The Morgan fingerprint density at radius 2 is 0.592 bits per heavy atom. The van der Waals surface area contributed by atoms with Crippen LogP contribution in [0.1, 0.15) is 47.2 Å². The maximum Gasteiger partial charge on any atom is 2.00 e. The number of pyridine rings is 2. The minimum Gasteiger partial charge on any atom is -0.550 e. The zero-order valence-corrected chi connectivity index (χ0v) is 28.5. The van der Waals surface area contributed by atoms with E-state index < -0.39 is 23.1 Å². The first-order valence-corrected chi connectivity index (χ1v) is 14.9. The number of aliphatic hydroxyl groups is 2. The van der Waals surface area contributed by atoms with Gasteiger partial charge in [-0.1, -0.05) is 121 Å². The summed E-state index contributed by atoms with van der Waals surface area (Å²) in [6, 6.07) is 46.2.